The molecule has 140 valence electrons. The number of anilines is 1. The number of hydrogen-bond donors (Lipinski definition) is 1. The maximum absolute atomic E-state index is 12.5. The molecule has 1 amide bonds. The van der Waals surface area contributed by atoms with E-state index in [0.29, 0.717) is 10.7 Å². The number of nitrogens with one attached hydrogen (secondary N) is 1. The third-order valence-corrected chi connectivity index (χ3v) is 6.75. The second-order valence-corrected chi connectivity index (χ2v) is 9.32. The second kappa shape index (κ2) is 10.5. The first-order chi connectivity index (χ1) is 13.3. The normalized spacial score (nSPS) is 10.7. The summed E-state index contributed by atoms with van der Waals surface area (Å²) in [5.41, 5.74) is 2.03. The number of rotatable bonds is 9. The van der Waals surface area contributed by atoms with Gasteiger partial charge >= 0.3 is 0 Å². The Morgan fingerprint density at radius 3 is 2.63 bits per heavy atom. The van der Waals surface area contributed by atoms with Gasteiger partial charge in [0.05, 0.1) is 5.56 Å². The van der Waals surface area contributed by atoms with Crippen LogP contribution in [0.5, 0.6) is 0 Å². The molecule has 3 aromatic rings. The number of aryl methyl sites for hydroxylation is 1. The molecule has 0 bridgehead atoms. The molecule has 0 aliphatic rings. The van der Waals surface area contributed by atoms with Crippen molar-refractivity contribution in [2.75, 3.05) is 16.8 Å². The lowest BCUT2D eigenvalue weighted by molar-refractivity contribution is 0.102. The molecule has 3 rings (SSSR count). The van der Waals surface area contributed by atoms with Crippen molar-refractivity contribution in [1.82, 2.24) is 10.2 Å². The number of aromatic nitrogens is 2. The van der Waals surface area contributed by atoms with Gasteiger partial charge in [-0.25, -0.2) is 0 Å². The van der Waals surface area contributed by atoms with Gasteiger partial charge in [0.25, 0.3) is 5.91 Å². The van der Waals surface area contributed by atoms with Crippen LogP contribution in [0.2, 0.25) is 0 Å². The van der Waals surface area contributed by atoms with Gasteiger partial charge in [-0.3, -0.25) is 10.1 Å². The number of hydrogen-bond acceptors (Lipinski definition) is 6. The van der Waals surface area contributed by atoms with Gasteiger partial charge in [-0.05, 0) is 36.3 Å². The summed E-state index contributed by atoms with van der Waals surface area (Å²) < 4.78 is 0.884. The summed E-state index contributed by atoms with van der Waals surface area (Å²) in [6.45, 7) is 2.07. The van der Waals surface area contributed by atoms with Crippen molar-refractivity contribution < 1.29 is 4.79 Å². The van der Waals surface area contributed by atoms with E-state index < -0.39 is 0 Å². The van der Waals surface area contributed by atoms with Crippen LogP contribution in [0.1, 0.15) is 29.3 Å². The number of thioether (sulfide) groups is 2. The molecule has 2 aromatic carbocycles. The first kappa shape index (κ1) is 19.9. The van der Waals surface area contributed by atoms with Gasteiger partial charge in [-0.15, -0.1) is 22.0 Å². The third-order valence-electron chi connectivity index (χ3n) is 3.74. The zero-order valence-corrected chi connectivity index (χ0v) is 17.5. The molecule has 4 nitrogen and oxygen atoms in total. The highest BCUT2D eigenvalue weighted by Gasteiger charge is 2.14. The molecule has 27 heavy (non-hydrogen) atoms. The lowest BCUT2D eigenvalue weighted by Crippen LogP contribution is -2.12. The highest BCUT2D eigenvalue weighted by atomic mass is 32.2. The third kappa shape index (κ3) is 6.09. The summed E-state index contributed by atoms with van der Waals surface area (Å²) in [6, 6.07) is 18.1. The minimum atomic E-state index is -0.136. The smallest absolute Gasteiger partial charge is 0.258 e. The van der Waals surface area contributed by atoms with Gasteiger partial charge in [0.1, 0.15) is 0 Å². The average Bonchev–Trinajstić information content (AvgIpc) is 3.14. The van der Waals surface area contributed by atoms with E-state index in [1.165, 1.54) is 16.9 Å². The fraction of sp³-hybridized carbons (Fsp3) is 0.250. The van der Waals surface area contributed by atoms with Crippen LogP contribution in [0.4, 0.5) is 5.13 Å². The van der Waals surface area contributed by atoms with Crippen LogP contribution in [-0.2, 0) is 6.42 Å². The fourth-order valence-corrected chi connectivity index (χ4v) is 5.06. The maximum atomic E-state index is 12.5. The molecule has 0 fully saturated rings. The molecule has 7 heteroatoms. The van der Waals surface area contributed by atoms with Gasteiger partial charge in [0.2, 0.25) is 5.13 Å². The minimum absolute atomic E-state index is 0.136. The number of nitrogens with zero attached hydrogens (tertiary/aromatic N) is 2. The van der Waals surface area contributed by atoms with Crippen LogP contribution >= 0.6 is 34.9 Å². The van der Waals surface area contributed by atoms with Gasteiger partial charge in [-0.2, -0.15) is 0 Å². The van der Waals surface area contributed by atoms with Gasteiger partial charge < -0.3 is 0 Å². The Bertz CT molecular complexity index is 868. The molecule has 0 unspecified atom stereocenters. The van der Waals surface area contributed by atoms with Crippen LogP contribution in [0.15, 0.2) is 63.8 Å². The lowest BCUT2D eigenvalue weighted by Gasteiger charge is -2.06. The Morgan fingerprint density at radius 1 is 1.04 bits per heavy atom. The SMILES string of the molecule is CCSc1ccccc1C(=O)Nc1nnc(SCCCc2ccccc2)s1. The molecular weight excluding hydrogens is 394 g/mol. The Hall–Kier alpha value is -1.83. The molecule has 1 N–H and O–H groups in total. The van der Waals surface area contributed by atoms with Crippen molar-refractivity contribution in [2.45, 2.75) is 29.0 Å². The van der Waals surface area contributed by atoms with Gasteiger partial charge in [-0.1, -0.05) is 72.5 Å². The molecule has 0 atom stereocenters. The standard InChI is InChI=1S/C20H21N3OS3/c1-2-25-17-13-7-6-12-16(17)18(24)21-19-22-23-20(27-19)26-14-8-11-15-9-4-3-5-10-15/h3-7,9-10,12-13H,2,8,11,14H2,1H3,(H,21,22,24). The monoisotopic (exact) mass is 415 g/mol. The van der Waals surface area contributed by atoms with E-state index in [1.54, 1.807) is 23.5 Å². The van der Waals surface area contributed by atoms with Gasteiger partial charge in [0, 0.05) is 10.6 Å². The number of benzene rings is 2. The topological polar surface area (TPSA) is 54.9 Å². The molecule has 1 aromatic heterocycles. The summed E-state index contributed by atoms with van der Waals surface area (Å²) in [7, 11) is 0. The van der Waals surface area contributed by atoms with E-state index in [2.05, 4.69) is 46.7 Å². The molecule has 0 saturated carbocycles. The molecule has 0 saturated heterocycles. The number of carbonyl (C=O) groups is 1. The van der Waals surface area contributed by atoms with Crippen molar-refractivity contribution in [3.05, 3.63) is 65.7 Å². The average molecular weight is 416 g/mol. The Labute approximate surface area is 172 Å². The Kier molecular flexibility index (Phi) is 7.74. The molecular formula is C20H21N3OS3. The quantitative estimate of drug-likeness (QED) is 0.279. The first-order valence-corrected chi connectivity index (χ1v) is 11.6. The minimum Gasteiger partial charge on any atom is -0.296 e. The van der Waals surface area contributed by atoms with Gasteiger partial charge in [0.15, 0.2) is 4.34 Å². The largest absolute Gasteiger partial charge is 0.296 e. The van der Waals surface area contributed by atoms with Crippen molar-refractivity contribution in [3.8, 4) is 0 Å². The first-order valence-electron chi connectivity index (χ1n) is 8.79. The fourth-order valence-electron chi connectivity index (χ4n) is 2.50. The maximum Gasteiger partial charge on any atom is 0.258 e. The van der Waals surface area contributed by atoms with E-state index >= 15 is 0 Å². The molecule has 0 radical (unpaired) electrons. The van der Waals surface area contributed by atoms with Crippen LogP contribution in [-0.4, -0.2) is 27.6 Å². The predicted octanol–water partition coefficient (Wildman–Crippen LogP) is 5.63. The second-order valence-electron chi connectivity index (χ2n) is 5.69. The van der Waals surface area contributed by atoms with E-state index in [9.17, 15) is 4.79 Å². The number of amides is 1. The van der Waals surface area contributed by atoms with Crippen molar-refractivity contribution in [2.24, 2.45) is 0 Å². The summed E-state index contributed by atoms with van der Waals surface area (Å²) in [4.78, 5) is 13.5. The zero-order chi connectivity index (χ0) is 18.9. The summed E-state index contributed by atoms with van der Waals surface area (Å²) in [6.07, 6.45) is 2.14. The van der Waals surface area contributed by atoms with E-state index in [1.807, 2.05) is 30.3 Å². The van der Waals surface area contributed by atoms with Crippen molar-refractivity contribution in [3.63, 3.8) is 0 Å². The van der Waals surface area contributed by atoms with Crippen molar-refractivity contribution in [1.29, 1.82) is 0 Å². The van der Waals surface area contributed by atoms with Crippen LogP contribution in [0.3, 0.4) is 0 Å². The molecule has 0 aliphatic heterocycles. The number of carbonyl (C=O) groups excluding carboxylic acids is 1. The summed E-state index contributed by atoms with van der Waals surface area (Å²) in [5.74, 6) is 1.77. The van der Waals surface area contributed by atoms with E-state index in [-0.39, 0.29) is 5.91 Å². The Balaban J connectivity index is 1.50. The van der Waals surface area contributed by atoms with E-state index in [0.717, 1.165) is 33.6 Å². The van der Waals surface area contributed by atoms with Crippen molar-refractivity contribution >= 4 is 45.9 Å². The summed E-state index contributed by atoms with van der Waals surface area (Å²) in [5, 5.41) is 11.7. The molecule has 1 heterocycles. The van der Waals surface area contributed by atoms with Crippen LogP contribution < -0.4 is 5.32 Å². The van der Waals surface area contributed by atoms with Crippen LogP contribution in [0.25, 0.3) is 0 Å². The highest BCUT2D eigenvalue weighted by molar-refractivity contribution is 8.01. The lowest BCUT2D eigenvalue weighted by atomic mass is 10.1. The molecule has 0 spiro atoms. The molecule has 0 aliphatic carbocycles. The van der Waals surface area contributed by atoms with E-state index in [4.69, 9.17) is 0 Å². The Morgan fingerprint density at radius 2 is 1.81 bits per heavy atom. The van der Waals surface area contributed by atoms with Crippen LogP contribution in [0, 0.1) is 0 Å². The predicted molar refractivity (Wildman–Crippen MR) is 116 cm³/mol. The highest BCUT2D eigenvalue weighted by Crippen LogP contribution is 2.28. The zero-order valence-electron chi connectivity index (χ0n) is 15.1. The summed E-state index contributed by atoms with van der Waals surface area (Å²) >= 11 is 4.77.